The predicted octanol–water partition coefficient (Wildman–Crippen LogP) is 3.05. The van der Waals surface area contributed by atoms with Crippen LogP contribution in [0.2, 0.25) is 5.02 Å². The third-order valence-electron chi connectivity index (χ3n) is 4.58. The van der Waals surface area contributed by atoms with Crippen molar-refractivity contribution in [1.82, 2.24) is 0 Å². The number of rotatable bonds is 3. The van der Waals surface area contributed by atoms with E-state index in [0.717, 1.165) is 46.9 Å². The minimum Gasteiger partial charge on any atom is -0.493 e. The van der Waals surface area contributed by atoms with Crippen LogP contribution >= 0.6 is 11.6 Å². The van der Waals surface area contributed by atoms with Crippen LogP contribution in [0.3, 0.4) is 0 Å². The lowest BCUT2D eigenvalue weighted by molar-refractivity contribution is 0.241. The van der Waals surface area contributed by atoms with Gasteiger partial charge in [0.15, 0.2) is 11.5 Å². The Kier molecular flexibility index (Phi) is 3.14. The molecule has 19 heavy (non-hydrogen) atoms. The number of nitrogens with two attached hydrogens (primary N) is 1. The molecule has 1 fully saturated rings. The highest BCUT2D eigenvalue weighted by Crippen LogP contribution is 2.52. The minimum absolute atomic E-state index is 0.0468. The zero-order valence-electron chi connectivity index (χ0n) is 11.5. The van der Waals surface area contributed by atoms with Crippen LogP contribution in [0, 0.1) is 0 Å². The molecule has 0 bridgehead atoms. The second-order valence-corrected chi connectivity index (χ2v) is 6.10. The van der Waals surface area contributed by atoms with E-state index in [4.69, 9.17) is 26.8 Å². The van der Waals surface area contributed by atoms with Gasteiger partial charge in [-0.25, -0.2) is 0 Å². The van der Waals surface area contributed by atoms with E-state index in [0.29, 0.717) is 6.54 Å². The Bertz CT molecular complexity index is 506. The Balaban J connectivity index is 2.14. The summed E-state index contributed by atoms with van der Waals surface area (Å²) in [7, 11) is 1.68. The summed E-state index contributed by atoms with van der Waals surface area (Å²) >= 11 is 6.63. The number of benzene rings is 1. The Morgan fingerprint density at radius 1 is 1.53 bits per heavy atom. The van der Waals surface area contributed by atoms with Gasteiger partial charge < -0.3 is 15.2 Å². The number of methoxy groups -OCH3 is 1. The van der Waals surface area contributed by atoms with E-state index in [1.807, 2.05) is 6.07 Å². The highest BCUT2D eigenvalue weighted by atomic mass is 35.5. The van der Waals surface area contributed by atoms with Gasteiger partial charge in [0.25, 0.3) is 0 Å². The molecule has 1 unspecified atom stereocenters. The molecule has 0 amide bonds. The van der Waals surface area contributed by atoms with Gasteiger partial charge in [-0.15, -0.1) is 0 Å². The Labute approximate surface area is 119 Å². The average molecular weight is 282 g/mol. The van der Waals surface area contributed by atoms with Crippen LogP contribution in [0.15, 0.2) is 6.07 Å². The molecule has 0 aromatic heterocycles. The van der Waals surface area contributed by atoms with Crippen molar-refractivity contribution in [3.63, 3.8) is 0 Å². The summed E-state index contributed by atoms with van der Waals surface area (Å²) in [5, 5.41) is 0.838. The van der Waals surface area contributed by atoms with Gasteiger partial charge in [0.1, 0.15) is 6.10 Å². The van der Waals surface area contributed by atoms with Crippen molar-refractivity contribution in [1.29, 1.82) is 0 Å². The summed E-state index contributed by atoms with van der Waals surface area (Å²) in [6.45, 7) is 2.70. The molecular formula is C15H20ClNO2. The molecule has 1 atom stereocenters. The lowest BCUT2D eigenvalue weighted by Gasteiger charge is -2.42. The summed E-state index contributed by atoms with van der Waals surface area (Å²) in [6.07, 6.45) is 4.45. The third-order valence-corrected chi connectivity index (χ3v) is 5.01. The van der Waals surface area contributed by atoms with Crippen LogP contribution in [-0.2, 0) is 11.8 Å². The maximum atomic E-state index is 6.63. The summed E-state index contributed by atoms with van der Waals surface area (Å²) < 4.78 is 11.3. The molecule has 4 heteroatoms. The number of hydrogen-bond donors (Lipinski definition) is 1. The Hall–Kier alpha value is -0.930. The first-order valence-corrected chi connectivity index (χ1v) is 7.25. The van der Waals surface area contributed by atoms with Crippen molar-refractivity contribution in [2.75, 3.05) is 13.7 Å². The molecule has 3 nitrogen and oxygen atoms in total. The summed E-state index contributed by atoms with van der Waals surface area (Å²) in [4.78, 5) is 0. The van der Waals surface area contributed by atoms with E-state index < -0.39 is 0 Å². The first kappa shape index (κ1) is 13.1. The number of hydrogen-bond acceptors (Lipinski definition) is 3. The van der Waals surface area contributed by atoms with E-state index >= 15 is 0 Å². The van der Waals surface area contributed by atoms with Gasteiger partial charge in [-0.2, -0.15) is 0 Å². The molecule has 3 rings (SSSR count). The summed E-state index contributed by atoms with van der Waals surface area (Å²) in [6, 6.07) is 2.03. The van der Waals surface area contributed by atoms with Crippen molar-refractivity contribution in [3.8, 4) is 11.5 Å². The van der Waals surface area contributed by atoms with Crippen molar-refractivity contribution in [3.05, 3.63) is 22.2 Å². The average Bonchev–Trinajstić information content (AvgIpc) is 2.73. The number of halogens is 1. The van der Waals surface area contributed by atoms with E-state index in [1.54, 1.807) is 7.11 Å². The summed E-state index contributed by atoms with van der Waals surface area (Å²) in [5.74, 6) is 1.61. The molecule has 1 aromatic rings. The molecular weight excluding hydrogens is 262 g/mol. The van der Waals surface area contributed by atoms with Gasteiger partial charge in [-0.1, -0.05) is 18.0 Å². The largest absolute Gasteiger partial charge is 0.493 e. The molecule has 2 aliphatic rings. The van der Waals surface area contributed by atoms with Gasteiger partial charge in [0, 0.05) is 23.9 Å². The number of ether oxygens (including phenoxy) is 2. The van der Waals surface area contributed by atoms with Gasteiger partial charge >= 0.3 is 0 Å². The van der Waals surface area contributed by atoms with Crippen LogP contribution in [0.25, 0.3) is 0 Å². The number of fused-ring (bicyclic) bond motifs is 1. The second kappa shape index (κ2) is 4.57. The highest BCUT2D eigenvalue weighted by molar-refractivity contribution is 6.32. The van der Waals surface area contributed by atoms with E-state index in [9.17, 15) is 0 Å². The standard InChI is InChI=1S/C15H20ClNO2/c1-9-6-10-13(16)11(15(8-17)4-3-5-15)7-12(18-2)14(10)19-9/h7,9H,3-6,8,17H2,1-2H3. The quantitative estimate of drug-likeness (QED) is 0.926. The van der Waals surface area contributed by atoms with Crippen LogP contribution in [0.1, 0.15) is 37.3 Å². The summed E-state index contributed by atoms with van der Waals surface area (Å²) in [5.41, 5.74) is 8.29. The zero-order chi connectivity index (χ0) is 13.6. The maximum Gasteiger partial charge on any atom is 0.166 e. The molecule has 0 spiro atoms. The van der Waals surface area contributed by atoms with Crippen molar-refractivity contribution in [2.45, 2.75) is 44.1 Å². The monoisotopic (exact) mass is 281 g/mol. The van der Waals surface area contributed by atoms with E-state index in [1.165, 1.54) is 6.42 Å². The molecule has 1 heterocycles. The Morgan fingerprint density at radius 3 is 2.79 bits per heavy atom. The first-order chi connectivity index (χ1) is 9.11. The Morgan fingerprint density at radius 2 is 2.26 bits per heavy atom. The molecule has 2 N–H and O–H groups in total. The molecule has 1 aliphatic heterocycles. The molecule has 1 aliphatic carbocycles. The predicted molar refractivity (Wildman–Crippen MR) is 76.4 cm³/mol. The topological polar surface area (TPSA) is 44.5 Å². The van der Waals surface area contributed by atoms with Crippen LogP contribution < -0.4 is 15.2 Å². The zero-order valence-corrected chi connectivity index (χ0v) is 12.2. The maximum absolute atomic E-state index is 6.63. The van der Waals surface area contributed by atoms with Crippen molar-refractivity contribution >= 4 is 11.6 Å². The van der Waals surface area contributed by atoms with E-state index in [2.05, 4.69) is 6.92 Å². The fourth-order valence-electron chi connectivity index (χ4n) is 3.24. The van der Waals surface area contributed by atoms with Crippen LogP contribution in [0.5, 0.6) is 11.5 Å². The first-order valence-electron chi connectivity index (χ1n) is 6.88. The molecule has 1 saturated carbocycles. The minimum atomic E-state index is 0.0468. The van der Waals surface area contributed by atoms with Crippen LogP contribution in [0.4, 0.5) is 0 Å². The molecule has 1 aromatic carbocycles. The smallest absolute Gasteiger partial charge is 0.166 e. The van der Waals surface area contributed by atoms with Gasteiger partial charge in [-0.05, 0) is 31.4 Å². The normalized spacial score (nSPS) is 23.5. The fourth-order valence-corrected chi connectivity index (χ4v) is 3.66. The third kappa shape index (κ3) is 1.83. The van der Waals surface area contributed by atoms with Gasteiger partial charge in [0.05, 0.1) is 12.1 Å². The fraction of sp³-hybridized carbons (Fsp3) is 0.600. The SMILES string of the molecule is COc1cc(C2(CN)CCC2)c(Cl)c2c1OC(C)C2. The van der Waals surface area contributed by atoms with E-state index in [-0.39, 0.29) is 11.5 Å². The van der Waals surface area contributed by atoms with Crippen molar-refractivity contribution < 1.29 is 9.47 Å². The lowest BCUT2D eigenvalue weighted by atomic mass is 9.64. The lowest BCUT2D eigenvalue weighted by Crippen LogP contribution is -2.41. The molecule has 0 radical (unpaired) electrons. The van der Waals surface area contributed by atoms with Gasteiger partial charge in [-0.3, -0.25) is 0 Å². The van der Waals surface area contributed by atoms with Crippen LogP contribution in [-0.4, -0.2) is 19.8 Å². The molecule has 104 valence electrons. The van der Waals surface area contributed by atoms with Gasteiger partial charge in [0.2, 0.25) is 0 Å². The highest BCUT2D eigenvalue weighted by Gasteiger charge is 2.41. The molecule has 0 saturated heterocycles. The second-order valence-electron chi connectivity index (χ2n) is 5.72. The van der Waals surface area contributed by atoms with Crippen molar-refractivity contribution in [2.24, 2.45) is 5.73 Å².